The number of fused-ring (bicyclic) bond motifs is 2. The van der Waals surface area contributed by atoms with Gasteiger partial charge in [0, 0.05) is 25.7 Å². The predicted molar refractivity (Wildman–Crippen MR) is 132 cm³/mol. The fourth-order valence-electron chi connectivity index (χ4n) is 4.16. The van der Waals surface area contributed by atoms with E-state index in [1.165, 1.54) is 25.3 Å². The number of hydrogen-bond acceptors (Lipinski definition) is 8. The van der Waals surface area contributed by atoms with Gasteiger partial charge in [-0.3, -0.25) is 4.79 Å². The Bertz CT molecular complexity index is 1200. The number of anilines is 1. The average Bonchev–Trinajstić information content (AvgIpc) is 3.50. The minimum absolute atomic E-state index is 0.167. The maximum atomic E-state index is 12.3. The summed E-state index contributed by atoms with van der Waals surface area (Å²) in [5.41, 5.74) is 1.69. The van der Waals surface area contributed by atoms with Crippen LogP contribution in [-0.4, -0.2) is 57.8 Å². The van der Waals surface area contributed by atoms with E-state index in [0.717, 1.165) is 52.2 Å². The monoisotopic (exact) mass is 480 g/mol. The van der Waals surface area contributed by atoms with E-state index in [4.69, 9.17) is 19.4 Å². The third-order valence-corrected chi connectivity index (χ3v) is 6.56. The van der Waals surface area contributed by atoms with Crippen LogP contribution >= 0.6 is 11.8 Å². The number of nitrogens with zero attached hydrogens (tertiary/aromatic N) is 5. The molecule has 4 heterocycles. The number of hydrogen-bond donors (Lipinski definition) is 1. The quantitative estimate of drug-likeness (QED) is 0.298. The van der Waals surface area contributed by atoms with Crippen LogP contribution in [0.4, 0.5) is 5.82 Å². The number of aromatic nitrogens is 4. The van der Waals surface area contributed by atoms with Gasteiger partial charge in [0.2, 0.25) is 12.7 Å². The maximum Gasteiger partial charge on any atom is 0.244 e. The topological polar surface area (TPSA) is 94.4 Å². The summed E-state index contributed by atoms with van der Waals surface area (Å²) in [4.78, 5) is 24.3. The van der Waals surface area contributed by atoms with Crippen LogP contribution in [0.25, 0.3) is 17.1 Å². The third kappa shape index (κ3) is 4.96. The average molecular weight is 481 g/mol. The van der Waals surface area contributed by atoms with Crippen molar-refractivity contribution in [2.24, 2.45) is 0 Å². The van der Waals surface area contributed by atoms with Crippen molar-refractivity contribution in [2.45, 2.75) is 37.9 Å². The van der Waals surface area contributed by atoms with Crippen molar-refractivity contribution < 1.29 is 14.3 Å². The molecule has 34 heavy (non-hydrogen) atoms. The molecule has 2 aliphatic rings. The molecule has 0 atom stereocenters. The van der Waals surface area contributed by atoms with E-state index in [-0.39, 0.29) is 12.7 Å². The molecule has 1 N–H and O–H groups in total. The minimum Gasteiger partial charge on any atom is -0.454 e. The van der Waals surface area contributed by atoms with Crippen molar-refractivity contribution in [3.8, 4) is 11.5 Å². The summed E-state index contributed by atoms with van der Waals surface area (Å²) in [6, 6.07) is 5.58. The second-order valence-corrected chi connectivity index (χ2v) is 9.38. The Balaban J connectivity index is 1.24. The zero-order valence-corrected chi connectivity index (χ0v) is 20.0. The second-order valence-electron chi connectivity index (χ2n) is 8.15. The lowest BCUT2D eigenvalue weighted by molar-refractivity contribution is -0.116. The number of benzene rings is 1. The highest BCUT2D eigenvalue weighted by Crippen LogP contribution is 2.33. The van der Waals surface area contributed by atoms with Gasteiger partial charge in [-0.2, -0.15) is 5.10 Å². The van der Waals surface area contributed by atoms with Crippen LogP contribution in [-0.2, 0) is 11.3 Å². The van der Waals surface area contributed by atoms with Crippen molar-refractivity contribution in [3.05, 3.63) is 36.0 Å². The SMILES string of the molecule is CCSc1nc(N2CCCCC2)c2cnn(CCNC(=O)/C=C\c3ccc4c(c3)OCO4)c2n1. The molecule has 1 fully saturated rings. The molecule has 0 spiro atoms. The van der Waals surface area contributed by atoms with Gasteiger partial charge >= 0.3 is 0 Å². The standard InChI is InChI=1S/C24H28N6O3S/c1-2-34-24-27-22(29-11-4-3-5-12-29)18-15-26-30(23(18)28-24)13-10-25-21(31)9-7-17-6-8-19-20(14-17)33-16-32-19/h6-9,14-15H,2-5,10-13,16H2,1H3,(H,25,31)/b9-7-. The van der Waals surface area contributed by atoms with Crippen LogP contribution in [0.1, 0.15) is 31.7 Å². The van der Waals surface area contributed by atoms with Gasteiger partial charge in [-0.05, 0) is 48.8 Å². The van der Waals surface area contributed by atoms with Crippen molar-refractivity contribution in [3.63, 3.8) is 0 Å². The number of amides is 1. The first kappa shape index (κ1) is 22.5. The van der Waals surface area contributed by atoms with Gasteiger partial charge in [-0.25, -0.2) is 14.6 Å². The minimum atomic E-state index is -0.167. The maximum absolute atomic E-state index is 12.3. The van der Waals surface area contributed by atoms with Gasteiger partial charge in [0.25, 0.3) is 0 Å². The molecule has 0 aliphatic carbocycles. The highest BCUT2D eigenvalue weighted by molar-refractivity contribution is 7.99. The number of thioether (sulfide) groups is 1. The highest BCUT2D eigenvalue weighted by atomic mass is 32.2. The molecular weight excluding hydrogens is 452 g/mol. The van der Waals surface area contributed by atoms with Crippen LogP contribution in [0.2, 0.25) is 0 Å². The molecule has 0 saturated carbocycles. The smallest absolute Gasteiger partial charge is 0.244 e. The van der Waals surface area contributed by atoms with E-state index in [1.807, 2.05) is 29.1 Å². The largest absolute Gasteiger partial charge is 0.454 e. The van der Waals surface area contributed by atoms with E-state index in [0.29, 0.717) is 18.8 Å². The summed E-state index contributed by atoms with van der Waals surface area (Å²) in [6.45, 7) is 5.33. The highest BCUT2D eigenvalue weighted by Gasteiger charge is 2.20. The number of carbonyl (C=O) groups is 1. The van der Waals surface area contributed by atoms with E-state index in [2.05, 4.69) is 22.2 Å². The number of nitrogens with one attached hydrogen (secondary N) is 1. The molecule has 0 unspecified atom stereocenters. The Hall–Kier alpha value is -3.27. The summed E-state index contributed by atoms with van der Waals surface area (Å²) in [5.74, 6) is 3.13. The van der Waals surface area contributed by atoms with Gasteiger partial charge < -0.3 is 19.7 Å². The third-order valence-electron chi connectivity index (χ3n) is 5.83. The van der Waals surface area contributed by atoms with Crippen LogP contribution in [0, 0.1) is 0 Å². The van der Waals surface area contributed by atoms with E-state index in [9.17, 15) is 4.79 Å². The van der Waals surface area contributed by atoms with E-state index < -0.39 is 0 Å². The molecule has 5 rings (SSSR count). The molecule has 2 aliphatic heterocycles. The number of carbonyl (C=O) groups excluding carboxylic acids is 1. The molecule has 1 saturated heterocycles. The number of rotatable bonds is 8. The van der Waals surface area contributed by atoms with Crippen LogP contribution < -0.4 is 19.7 Å². The van der Waals surface area contributed by atoms with Crippen LogP contribution in [0.5, 0.6) is 11.5 Å². The molecule has 2 aromatic heterocycles. The van der Waals surface area contributed by atoms with Crippen molar-refractivity contribution in [1.29, 1.82) is 0 Å². The first-order chi connectivity index (χ1) is 16.7. The van der Waals surface area contributed by atoms with E-state index in [1.54, 1.807) is 17.8 Å². The molecule has 10 heteroatoms. The lowest BCUT2D eigenvalue weighted by Crippen LogP contribution is -2.30. The molecule has 178 valence electrons. The number of ether oxygens (including phenoxy) is 2. The number of piperidine rings is 1. The first-order valence-corrected chi connectivity index (χ1v) is 12.7. The fraction of sp³-hybridized carbons (Fsp3) is 0.417. The second kappa shape index (κ2) is 10.3. The Morgan fingerprint density at radius 3 is 2.88 bits per heavy atom. The first-order valence-electron chi connectivity index (χ1n) is 11.7. The summed E-state index contributed by atoms with van der Waals surface area (Å²) in [6.07, 6.45) is 8.76. The predicted octanol–water partition coefficient (Wildman–Crippen LogP) is 3.49. The lowest BCUT2D eigenvalue weighted by Gasteiger charge is -2.28. The normalized spacial score (nSPS) is 15.4. The molecule has 0 radical (unpaired) electrons. The summed E-state index contributed by atoms with van der Waals surface area (Å²) < 4.78 is 12.5. The van der Waals surface area contributed by atoms with Crippen molar-refractivity contribution >= 4 is 40.6 Å². The van der Waals surface area contributed by atoms with Crippen LogP contribution in [0.3, 0.4) is 0 Å². The summed E-state index contributed by atoms with van der Waals surface area (Å²) >= 11 is 1.64. The van der Waals surface area contributed by atoms with Crippen molar-refractivity contribution in [2.75, 3.05) is 37.1 Å². The molecule has 1 amide bonds. The Morgan fingerprint density at radius 1 is 1.18 bits per heavy atom. The zero-order chi connectivity index (χ0) is 23.3. The Morgan fingerprint density at radius 2 is 2.03 bits per heavy atom. The van der Waals surface area contributed by atoms with Crippen LogP contribution in [0.15, 0.2) is 35.6 Å². The van der Waals surface area contributed by atoms with Gasteiger partial charge in [0.15, 0.2) is 22.3 Å². The molecule has 1 aromatic carbocycles. The summed E-state index contributed by atoms with van der Waals surface area (Å²) in [5, 5.41) is 9.22. The van der Waals surface area contributed by atoms with E-state index >= 15 is 0 Å². The van der Waals surface area contributed by atoms with Gasteiger partial charge in [0.05, 0.1) is 18.1 Å². The fourth-order valence-corrected chi connectivity index (χ4v) is 4.72. The van der Waals surface area contributed by atoms with Gasteiger partial charge in [-0.1, -0.05) is 24.8 Å². The molecule has 0 bridgehead atoms. The molecule has 3 aromatic rings. The summed E-state index contributed by atoms with van der Waals surface area (Å²) in [7, 11) is 0. The Labute approximate surface area is 202 Å². The van der Waals surface area contributed by atoms with Gasteiger partial charge in [-0.15, -0.1) is 0 Å². The lowest BCUT2D eigenvalue weighted by atomic mass is 10.1. The molecular formula is C24H28N6O3S. The zero-order valence-electron chi connectivity index (χ0n) is 19.2. The Kier molecular flexibility index (Phi) is 6.84. The van der Waals surface area contributed by atoms with Crippen molar-refractivity contribution in [1.82, 2.24) is 25.1 Å². The molecule has 9 nitrogen and oxygen atoms in total. The van der Waals surface area contributed by atoms with Gasteiger partial charge in [0.1, 0.15) is 5.82 Å².